The van der Waals surface area contributed by atoms with Gasteiger partial charge in [-0.05, 0) is 19.2 Å². The Labute approximate surface area is 88.9 Å². The van der Waals surface area contributed by atoms with Crippen LogP contribution in [0.5, 0.6) is 0 Å². The zero-order valence-electron chi connectivity index (χ0n) is 8.56. The monoisotopic (exact) mass is 215 g/mol. The highest BCUT2D eigenvalue weighted by molar-refractivity contribution is 7.99. The number of hydrogen-bond acceptors (Lipinski definition) is 4. The molecule has 0 spiro atoms. The third kappa shape index (κ3) is 3.36. The van der Waals surface area contributed by atoms with Crippen LogP contribution in [0, 0.1) is 0 Å². The average molecular weight is 215 g/mol. The van der Waals surface area contributed by atoms with E-state index in [-0.39, 0.29) is 11.9 Å². The summed E-state index contributed by atoms with van der Waals surface area (Å²) in [5, 5.41) is 12.7. The molecule has 0 aliphatic carbocycles. The van der Waals surface area contributed by atoms with Crippen LogP contribution in [-0.4, -0.2) is 29.3 Å². The molecule has 0 aliphatic rings. The van der Waals surface area contributed by atoms with Crippen molar-refractivity contribution in [2.24, 2.45) is 0 Å². The molecule has 0 saturated heterocycles. The van der Waals surface area contributed by atoms with Crippen molar-refractivity contribution in [3.05, 3.63) is 24.2 Å². The fourth-order valence-electron chi connectivity index (χ4n) is 1.24. The SMILES string of the molecule is CSC(CO)C(C)NCc1ccoc1. The standard InChI is InChI=1S/C10H17NO2S/c1-8(10(6-12)14-2)11-5-9-3-4-13-7-9/h3-4,7-8,10-12H,5-6H2,1-2H3. The largest absolute Gasteiger partial charge is 0.472 e. The van der Waals surface area contributed by atoms with E-state index in [1.807, 2.05) is 12.3 Å². The lowest BCUT2D eigenvalue weighted by atomic mass is 10.2. The van der Waals surface area contributed by atoms with Crippen LogP contribution in [0.2, 0.25) is 0 Å². The summed E-state index contributed by atoms with van der Waals surface area (Å²) in [6, 6.07) is 2.23. The topological polar surface area (TPSA) is 45.4 Å². The second kappa shape index (κ2) is 6.11. The van der Waals surface area contributed by atoms with Gasteiger partial charge in [-0.3, -0.25) is 0 Å². The molecule has 80 valence electrons. The molecule has 2 atom stereocenters. The van der Waals surface area contributed by atoms with E-state index in [1.165, 1.54) is 0 Å². The minimum absolute atomic E-state index is 0.209. The first-order valence-electron chi connectivity index (χ1n) is 4.66. The number of hydrogen-bond donors (Lipinski definition) is 2. The lowest BCUT2D eigenvalue weighted by Crippen LogP contribution is -2.36. The van der Waals surface area contributed by atoms with Gasteiger partial charge in [-0.1, -0.05) is 0 Å². The van der Waals surface area contributed by atoms with E-state index in [1.54, 1.807) is 24.3 Å². The third-order valence-electron chi connectivity index (χ3n) is 2.25. The van der Waals surface area contributed by atoms with Crippen molar-refractivity contribution in [2.45, 2.75) is 24.8 Å². The van der Waals surface area contributed by atoms with Crippen LogP contribution in [0.25, 0.3) is 0 Å². The van der Waals surface area contributed by atoms with Crippen molar-refractivity contribution in [3.63, 3.8) is 0 Å². The van der Waals surface area contributed by atoms with E-state index in [0.717, 1.165) is 12.1 Å². The minimum Gasteiger partial charge on any atom is -0.472 e. The van der Waals surface area contributed by atoms with E-state index in [9.17, 15) is 0 Å². The fourth-order valence-corrected chi connectivity index (χ4v) is 1.89. The first kappa shape index (κ1) is 11.6. The molecule has 0 saturated carbocycles. The predicted octanol–water partition coefficient (Wildman–Crippen LogP) is 1.48. The molecule has 0 fully saturated rings. The Morgan fingerprint density at radius 3 is 2.93 bits per heavy atom. The van der Waals surface area contributed by atoms with Crippen LogP contribution in [-0.2, 0) is 6.54 Å². The summed E-state index contributed by atoms with van der Waals surface area (Å²) in [5.74, 6) is 0. The van der Waals surface area contributed by atoms with Crippen molar-refractivity contribution in [2.75, 3.05) is 12.9 Å². The van der Waals surface area contributed by atoms with Gasteiger partial charge in [-0.2, -0.15) is 11.8 Å². The smallest absolute Gasteiger partial charge is 0.0947 e. The van der Waals surface area contributed by atoms with Gasteiger partial charge in [0.2, 0.25) is 0 Å². The maximum absolute atomic E-state index is 9.07. The summed E-state index contributed by atoms with van der Waals surface area (Å²) >= 11 is 1.68. The molecule has 0 aliphatic heterocycles. The number of rotatable bonds is 6. The lowest BCUT2D eigenvalue weighted by molar-refractivity contribution is 0.276. The van der Waals surface area contributed by atoms with Gasteiger partial charge >= 0.3 is 0 Å². The van der Waals surface area contributed by atoms with Gasteiger partial charge < -0.3 is 14.8 Å². The quantitative estimate of drug-likeness (QED) is 0.754. The zero-order valence-corrected chi connectivity index (χ0v) is 9.38. The number of aliphatic hydroxyl groups excluding tert-OH is 1. The summed E-state index contributed by atoms with van der Waals surface area (Å²) in [6.07, 6.45) is 5.41. The van der Waals surface area contributed by atoms with Crippen molar-refractivity contribution in [3.8, 4) is 0 Å². The lowest BCUT2D eigenvalue weighted by Gasteiger charge is -2.20. The zero-order chi connectivity index (χ0) is 10.4. The Hall–Kier alpha value is -0.450. The van der Waals surface area contributed by atoms with Crippen molar-refractivity contribution < 1.29 is 9.52 Å². The maximum atomic E-state index is 9.07. The summed E-state index contributed by atoms with van der Waals surface area (Å²) < 4.78 is 4.97. The second-order valence-electron chi connectivity index (χ2n) is 3.26. The highest BCUT2D eigenvalue weighted by atomic mass is 32.2. The molecule has 2 unspecified atom stereocenters. The van der Waals surface area contributed by atoms with E-state index >= 15 is 0 Å². The van der Waals surface area contributed by atoms with Crippen LogP contribution in [0.1, 0.15) is 12.5 Å². The van der Waals surface area contributed by atoms with Gasteiger partial charge in [0.15, 0.2) is 0 Å². The highest BCUT2D eigenvalue weighted by Gasteiger charge is 2.14. The molecule has 1 heterocycles. The predicted molar refractivity (Wildman–Crippen MR) is 59.4 cm³/mol. The van der Waals surface area contributed by atoms with Gasteiger partial charge in [0, 0.05) is 23.4 Å². The Bertz CT molecular complexity index is 234. The van der Waals surface area contributed by atoms with Crippen LogP contribution in [0.15, 0.2) is 23.0 Å². The Kier molecular flexibility index (Phi) is 5.07. The molecule has 0 amide bonds. The number of aliphatic hydroxyl groups is 1. The van der Waals surface area contributed by atoms with Crippen molar-refractivity contribution >= 4 is 11.8 Å². The fraction of sp³-hybridized carbons (Fsp3) is 0.600. The molecule has 14 heavy (non-hydrogen) atoms. The van der Waals surface area contributed by atoms with E-state index in [0.29, 0.717) is 6.04 Å². The molecular formula is C10H17NO2S. The second-order valence-corrected chi connectivity index (χ2v) is 4.33. The van der Waals surface area contributed by atoms with Gasteiger partial charge in [-0.25, -0.2) is 0 Å². The third-order valence-corrected chi connectivity index (χ3v) is 3.41. The normalized spacial score (nSPS) is 15.4. The molecule has 2 N–H and O–H groups in total. The van der Waals surface area contributed by atoms with Crippen molar-refractivity contribution in [1.29, 1.82) is 0 Å². The van der Waals surface area contributed by atoms with Crippen LogP contribution < -0.4 is 5.32 Å². The molecule has 1 aromatic heterocycles. The maximum Gasteiger partial charge on any atom is 0.0947 e. The first-order valence-corrected chi connectivity index (χ1v) is 5.94. The van der Waals surface area contributed by atoms with Crippen LogP contribution in [0.4, 0.5) is 0 Å². The first-order chi connectivity index (χ1) is 6.77. The van der Waals surface area contributed by atoms with Gasteiger partial charge in [0.25, 0.3) is 0 Å². The summed E-state index contributed by atoms with van der Waals surface area (Å²) in [6.45, 7) is 3.08. The van der Waals surface area contributed by atoms with Crippen molar-refractivity contribution in [1.82, 2.24) is 5.32 Å². The van der Waals surface area contributed by atoms with E-state index < -0.39 is 0 Å². The van der Waals surface area contributed by atoms with Crippen LogP contribution >= 0.6 is 11.8 Å². The molecule has 0 bridgehead atoms. The number of thioether (sulfide) groups is 1. The molecular weight excluding hydrogens is 198 g/mol. The minimum atomic E-state index is 0.209. The molecule has 3 nitrogen and oxygen atoms in total. The van der Waals surface area contributed by atoms with Crippen LogP contribution in [0.3, 0.4) is 0 Å². The van der Waals surface area contributed by atoms with E-state index in [4.69, 9.17) is 9.52 Å². The molecule has 0 radical (unpaired) electrons. The molecule has 0 aromatic carbocycles. The van der Waals surface area contributed by atoms with E-state index in [2.05, 4.69) is 12.2 Å². The Morgan fingerprint density at radius 2 is 2.43 bits per heavy atom. The summed E-state index contributed by atoms with van der Waals surface area (Å²) in [4.78, 5) is 0. The molecule has 1 aromatic rings. The van der Waals surface area contributed by atoms with Gasteiger partial charge in [0.05, 0.1) is 19.1 Å². The number of nitrogens with one attached hydrogen (secondary N) is 1. The Morgan fingerprint density at radius 1 is 1.64 bits per heavy atom. The summed E-state index contributed by atoms with van der Waals surface area (Å²) in [5.41, 5.74) is 1.13. The van der Waals surface area contributed by atoms with Gasteiger partial charge in [-0.15, -0.1) is 0 Å². The summed E-state index contributed by atoms with van der Waals surface area (Å²) in [7, 11) is 0. The average Bonchev–Trinajstić information content (AvgIpc) is 2.69. The molecule has 4 heteroatoms. The van der Waals surface area contributed by atoms with Gasteiger partial charge in [0.1, 0.15) is 0 Å². The highest BCUT2D eigenvalue weighted by Crippen LogP contribution is 2.11. The Balaban J connectivity index is 2.30. The number of furan rings is 1. The molecule has 1 rings (SSSR count).